The maximum absolute atomic E-state index is 14.0. The number of aliphatic hydroxyl groups is 1. The summed E-state index contributed by atoms with van der Waals surface area (Å²) >= 11 is 0. The minimum Gasteiger partial charge on any atom is -0.390 e. The van der Waals surface area contributed by atoms with Crippen molar-refractivity contribution in [3.05, 3.63) is 107 Å². The Hall–Kier alpha value is -3.09. The maximum Gasteiger partial charge on any atom is 0.224 e. The third-order valence-corrected chi connectivity index (χ3v) is 7.97. The minimum atomic E-state index is -0.974. The summed E-state index contributed by atoms with van der Waals surface area (Å²) in [5.74, 6) is -1.61. The quantitative estimate of drug-likeness (QED) is 0.246. The molecule has 4 nitrogen and oxygen atoms in total. The maximum atomic E-state index is 14.0. The van der Waals surface area contributed by atoms with Gasteiger partial charge in [0.25, 0.3) is 0 Å². The number of rotatable bonds is 11. The van der Waals surface area contributed by atoms with Crippen molar-refractivity contribution in [1.82, 2.24) is 10.6 Å². The molecule has 0 radical (unpaired) electrons. The number of halogens is 2. The normalized spacial score (nSPS) is 16.6. The number of benzene rings is 3. The zero-order valence-corrected chi connectivity index (χ0v) is 24.6. The van der Waals surface area contributed by atoms with Crippen LogP contribution in [-0.2, 0) is 29.6 Å². The van der Waals surface area contributed by atoms with Crippen LogP contribution in [0.3, 0.4) is 0 Å². The molecule has 41 heavy (non-hydrogen) atoms. The molecule has 0 aromatic heterocycles. The van der Waals surface area contributed by atoms with E-state index in [-0.39, 0.29) is 36.2 Å². The second kappa shape index (κ2) is 13.7. The van der Waals surface area contributed by atoms with Gasteiger partial charge in [-0.25, -0.2) is 8.78 Å². The molecule has 1 aliphatic carbocycles. The molecule has 6 heteroatoms. The Morgan fingerprint density at radius 3 is 2.20 bits per heavy atom. The molecule has 3 aromatic carbocycles. The fraction of sp³-hybridized carbons (Fsp3) is 0.457. The molecule has 1 saturated carbocycles. The van der Waals surface area contributed by atoms with Gasteiger partial charge in [-0.15, -0.1) is 0 Å². The third kappa shape index (κ3) is 9.20. The van der Waals surface area contributed by atoms with Crippen LogP contribution in [0.1, 0.15) is 75.1 Å². The summed E-state index contributed by atoms with van der Waals surface area (Å²) in [6.45, 7) is 6.95. The molecule has 0 unspecified atom stereocenters. The average Bonchev–Trinajstić information content (AvgIpc) is 2.91. The standard InChI is InChI=1S/C35H44F2N2O2/c1-34(2,3)23-26-13-10-14-28(17-26)35(15-8-5-9-16-35)38-24-32(40)31(20-27-18-29(36)22-30(37)19-27)39-33(41)21-25-11-6-4-7-12-25/h4,6-7,10-14,17-19,22,31-32,38,40H,5,8-9,15-16,20-21,23-24H2,1-3H3,(H,39,41)/t31-,32+/m0/s1. The van der Waals surface area contributed by atoms with E-state index in [2.05, 4.69) is 55.7 Å². The van der Waals surface area contributed by atoms with E-state index >= 15 is 0 Å². The SMILES string of the molecule is CC(C)(C)Cc1cccc(C2(NC[C@@H](O)[C@H](Cc3cc(F)cc(F)c3)NC(=O)Cc3ccccc3)CCCCC2)c1. The summed E-state index contributed by atoms with van der Waals surface area (Å²) in [6.07, 6.45) is 5.52. The van der Waals surface area contributed by atoms with Crippen LogP contribution in [0.2, 0.25) is 0 Å². The predicted octanol–water partition coefficient (Wildman–Crippen LogP) is 6.63. The van der Waals surface area contributed by atoms with Gasteiger partial charge in [-0.2, -0.15) is 0 Å². The first kappa shape index (κ1) is 30.9. The monoisotopic (exact) mass is 562 g/mol. The molecule has 0 spiro atoms. The van der Waals surface area contributed by atoms with Crippen molar-refractivity contribution in [2.75, 3.05) is 6.54 Å². The highest BCUT2D eigenvalue weighted by Crippen LogP contribution is 2.38. The Morgan fingerprint density at radius 2 is 1.54 bits per heavy atom. The molecule has 3 aromatic rings. The van der Waals surface area contributed by atoms with Crippen molar-refractivity contribution in [1.29, 1.82) is 0 Å². The lowest BCUT2D eigenvalue weighted by Gasteiger charge is -2.40. The summed E-state index contributed by atoms with van der Waals surface area (Å²) in [5.41, 5.74) is 3.64. The van der Waals surface area contributed by atoms with Crippen molar-refractivity contribution in [2.24, 2.45) is 5.41 Å². The minimum absolute atomic E-state index is 0.103. The van der Waals surface area contributed by atoms with Gasteiger partial charge in [0.05, 0.1) is 18.6 Å². The molecular formula is C35H44F2N2O2. The van der Waals surface area contributed by atoms with Crippen LogP contribution in [0.15, 0.2) is 72.8 Å². The molecule has 0 bridgehead atoms. The lowest BCUT2D eigenvalue weighted by atomic mass is 9.75. The van der Waals surface area contributed by atoms with Crippen molar-refractivity contribution in [3.63, 3.8) is 0 Å². The van der Waals surface area contributed by atoms with Crippen LogP contribution in [0, 0.1) is 17.0 Å². The second-order valence-electron chi connectivity index (χ2n) is 12.8. The van der Waals surface area contributed by atoms with E-state index in [0.29, 0.717) is 5.56 Å². The Morgan fingerprint density at radius 1 is 0.878 bits per heavy atom. The molecule has 1 amide bonds. The second-order valence-corrected chi connectivity index (χ2v) is 12.8. The van der Waals surface area contributed by atoms with Crippen LogP contribution in [0.4, 0.5) is 8.78 Å². The highest BCUT2D eigenvalue weighted by atomic mass is 19.1. The Bertz CT molecular complexity index is 1260. The van der Waals surface area contributed by atoms with Crippen LogP contribution >= 0.6 is 0 Å². The topological polar surface area (TPSA) is 61.4 Å². The van der Waals surface area contributed by atoms with Gasteiger partial charge in [0.2, 0.25) is 5.91 Å². The van der Waals surface area contributed by atoms with Gasteiger partial charge >= 0.3 is 0 Å². The van der Waals surface area contributed by atoms with Crippen LogP contribution in [0.5, 0.6) is 0 Å². The number of carbonyl (C=O) groups is 1. The highest BCUT2D eigenvalue weighted by molar-refractivity contribution is 5.79. The first-order valence-corrected chi connectivity index (χ1v) is 14.8. The van der Waals surface area contributed by atoms with E-state index in [0.717, 1.165) is 43.7 Å². The number of nitrogens with one attached hydrogen (secondary N) is 2. The van der Waals surface area contributed by atoms with Crippen molar-refractivity contribution < 1.29 is 18.7 Å². The van der Waals surface area contributed by atoms with Gasteiger partial charge < -0.3 is 15.7 Å². The fourth-order valence-electron chi connectivity index (χ4n) is 6.06. The summed E-state index contributed by atoms with van der Waals surface area (Å²) in [4.78, 5) is 13.0. The van der Waals surface area contributed by atoms with E-state index in [1.54, 1.807) is 0 Å². The van der Waals surface area contributed by atoms with Crippen molar-refractivity contribution in [2.45, 2.75) is 89.8 Å². The smallest absolute Gasteiger partial charge is 0.224 e. The molecule has 1 aliphatic rings. The summed E-state index contributed by atoms with van der Waals surface area (Å²) in [5, 5.41) is 18.1. The predicted molar refractivity (Wildman–Crippen MR) is 161 cm³/mol. The van der Waals surface area contributed by atoms with E-state index in [1.807, 2.05) is 30.3 Å². The van der Waals surface area contributed by atoms with E-state index < -0.39 is 23.8 Å². The molecule has 220 valence electrons. The first-order chi connectivity index (χ1) is 19.5. The Labute approximate surface area is 243 Å². The number of hydrogen-bond donors (Lipinski definition) is 3. The first-order valence-electron chi connectivity index (χ1n) is 14.8. The zero-order valence-electron chi connectivity index (χ0n) is 24.6. The van der Waals surface area contributed by atoms with Crippen LogP contribution < -0.4 is 10.6 Å². The molecule has 2 atom stereocenters. The van der Waals surface area contributed by atoms with E-state index in [9.17, 15) is 18.7 Å². The van der Waals surface area contributed by atoms with Crippen molar-refractivity contribution >= 4 is 5.91 Å². The lowest BCUT2D eigenvalue weighted by molar-refractivity contribution is -0.122. The molecule has 0 aliphatic heterocycles. The van der Waals surface area contributed by atoms with Gasteiger partial charge in [0, 0.05) is 18.2 Å². The van der Waals surface area contributed by atoms with Gasteiger partial charge in [-0.3, -0.25) is 4.79 Å². The summed E-state index contributed by atoms with van der Waals surface area (Å²) in [7, 11) is 0. The summed E-state index contributed by atoms with van der Waals surface area (Å²) in [6, 6.07) is 20.7. The molecule has 1 fully saturated rings. The fourth-order valence-corrected chi connectivity index (χ4v) is 6.06. The number of amides is 1. The number of hydrogen-bond acceptors (Lipinski definition) is 3. The summed E-state index contributed by atoms with van der Waals surface area (Å²) < 4.78 is 28.0. The number of carbonyl (C=O) groups excluding carboxylic acids is 1. The Balaban J connectivity index is 1.53. The lowest BCUT2D eigenvalue weighted by Crippen LogP contribution is -2.53. The van der Waals surface area contributed by atoms with E-state index in [1.165, 1.54) is 29.7 Å². The van der Waals surface area contributed by atoms with Gasteiger partial charge in [0.1, 0.15) is 11.6 Å². The largest absolute Gasteiger partial charge is 0.390 e. The Kier molecular flexibility index (Phi) is 10.3. The van der Waals surface area contributed by atoms with Crippen LogP contribution in [0.25, 0.3) is 0 Å². The third-order valence-electron chi connectivity index (χ3n) is 7.97. The average molecular weight is 563 g/mol. The molecule has 4 rings (SSSR count). The zero-order chi connectivity index (χ0) is 29.5. The van der Waals surface area contributed by atoms with Crippen LogP contribution in [-0.4, -0.2) is 29.7 Å². The van der Waals surface area contributed by atoms with Gasteiger partial charge in [-0.1, -0.05) is 94.6 Å². The van der Waals surface area contributed by atoms with E-state index in [4.69, 9.17) is 0 Å². The molecule has 0 saturated heterocycles. The van der Waals surface area contributed by atoms with Gasteiger partial charge in [-0.05, 0) is 65.5 Å². The molecule has 0 heterocycles. The highest BCUT2D eigenvalue weighted by Gasteiger charge is 2.35. The molecule has 3 N–H and O–H groups in total. The van der Waals surface area contributed by atoms with Gasteiger partial charge in [0.15, 0.2) is 0 Å². The molecular weight excluding hydrogens is 518 g/mol. The van der Waals surface area contributed by atoms with Crippen molar-refractivity contribution in [3.8, 4) is 0 Å². The number of aliphatic hydroxyl groups excluding tert-OH is 1.